The monoisotopic (exact) mass is 223 g/mol. The Labute approximate surface area is 94.9 Å². The molecule has 0 unspecified atom stereocenters. The number of nitrogens with zero attached hydrogens (tertiary/aromatic N) is 1. The Kier molecular flexibility index (Phi) is 3.25. The summed E-state index contributed by atoms with van der Waals surface area (Å²) in [6.07, 6.45) is 5.35. The molecule has 1 nitrogen and oxygen atoms in total. The molecule has 0 radical (unpaired) electrons. The largest absolute Gasteiger partial charge is 0.335 e. The second-order valence-electron chi connectivity index (χ2n) is 4.37. The second kappa shape index (κ2) is 4.48. The van der Waals surface area contributed by atoms with Gasteiger partial charge in [0.05, 0.1) is 0 Å². The fourth-order valence-electron chi connectivity index (χ4n) is 2.49. The highest BCUT2D eigenvalue weighted by Gasteiger charge is 2.29. The van der Waals surface area contributed by atoms with E-state index in [0.29, 0.717) is 0 Å². The fourth-order valence-corrected chi connectivity index (χ4v) is 6.04. The highest BCUT2D eigenvalue weighted by atomic mass is 32.3. The minimum Gasteiger partial charge on any atom is -0.335 e. The molecule has 0 saturated carbocycles. The lowest BCUT2D eigenvalue weighted by atomic mass is 10.3. The van der Waals surface area contributed by atoms with E-state index < -0.39 is 10.2 Å². The van der Waals surface area contributed by atoms with E-state index in [4.69, 9.17) is 0 Å². The van der Waals surface area contributed by atoms with E-state index in [1.807, 2.05) is 0 Å². The Morgan fingerprint density at radius 1 is 1.13 bits per heavy atom. The summed E-state index contributed by atoms with van der Waals surface area (Å²) >= 11 is 0. The van der Waals surface area contributed by atoms with Crippen molar-refractivity contribution < 1.29 is 0 Å². The van der Waals surface area contributed by atoms with Crippen LogP contribution >= 0.6 is 10.2 Å². The van der Waals surface area contributed by atoms with Gasteiger partial charge in [0.1, 0.15) is 0 Å². The molecule has 0 atom stereocenters. The van der Waals surface area contributed by atoms with Gasteiger partial charge >= 0.3 is 0 Å². The number of benzene rings is 1. The van der Waals surface area contributed by atoms with Crippen molar-refractivity contribution in [2.24, 2.45) is 0 Å². The molecule has 1 aliphatic rings. The molecule has 1 heterocycles. The molecule has 1 fully saturated rings. The first-order valence-electron chi connectivity index (χ1n) is 5.83. The zero-order valence-electron chi connectivity index (χ0n) is 9.78. The predicted molar refractivity (Wildman–Crippen MR) is 71.9 cm³/mol. The zero-order chi connectivity index (χ0) is 10.7. The molecular formula is C13H21NS. The first-order valence-corrected chi connectivity index (χ1v) is 8.16. The van der Waals surface area contributed by atoms with Gasteiger partial charge in [-0.2, -0.15) is 10.2 Å². The minimum atomic E-state index is -0.514. The third kappa shape index (κ3) is 2.15. The molecule has 15 heavy (non-hydrogen) atoms. The summed E-state index contributed by atoms with van der Waals surface area (Å²) < 4.78 is 2.65. The minimum absolute atomic E-state index is 0.514. The number of para-hydroxylation sites is 1. The Balaban J connectivity index is 2.24. The van der Waals surface area contributed by atoms with Gasteiger partial charge in [-0.1, -0.05) is 18.2 Å². The zero-order valence-corrected chi connectivity index (χ0v) is 10.6. The molecule has 0 amide bonds. The topological polar surface area (TPSA) is 3.24 Å². The van der Waals surface area contributed by atoms with Gasteiger partial charge in [-0.15, -0.1) is 0 Å². The van der Waals surface area contributed by atoms with Gasteiger partial charge in [0.15, 0.2) is 0 Å². The second-order valence-corrected chi connectivity index (χ2v) is 8.07. The Bertz CT molecular complexity index is 304. The van der Waals surface area contributed by atoms with Gasteiger partial charge in [0, 0.05) is 12.2 Å². The molecule has 0 N–H and O–H groups in total. The average molecular weight is 223 g/mol. The third-order valence-corrected chi connectivity index (χ3v) is 7.15. The van der Waals surface area contributed by atoms with Gasteiger partial charge in [-0.3, -0.25) is 0 Å². The molecule has 1 saturated heterocycles. The molecule has 0 bridgehead atoms. The van der Waals surface area contributed by atoms with Crippen molar-refractivity contribution in [3.05, 3.63) is 30.3 Å². The molecule has 1 aromatic rings. The number of hydrogen-bond donors (Lipinski definition) is 0. The maximum atomic E-state index is 2.65. The van der Waals surface area contributed by atoms with Crippen LogP contribution in [0.15, 0.2) is 30.3 Å². The SMILES string of the molecule is CCN(c1ccccc1)S1(C)CCCC1. The quantitative estimate of drug-likeness (QED) is 0.756. The van der Waals surface area contributed by atoms with Gasteiger partial charge in [-0.25, -0.2) is 0 Å². The smallest absolute Gasteiger partial charge is 0.0453 e. The number of rotatable bonds is 3. The summed E-state index contributed by atoms with van der Waals surface area (Å²) in [5, 5.41) is 0. The fraction of sp³-hybridized carbons (Fsp3) is 0.538. The van der Waals surface area contributed by atoms with Crippen LogP contribution in [0.3, 0.4) is 0 Å². The number of anilines is 1. The normalized spacial score (nSPS) is 21.2. The van der Waals surface area contributed by atoms with Crippen LogP contribution < -0.4 is 4.31 Å². The van der Waals surface area contributed by atoms with Gasteiger partial charge in [-0.05, 0) is 49.7 Å². The average Bonchev–Trinajstić information content (AvgIpc) is 2.68. The van der Waals surface area contributed by atoms with E-state index >= 15 is 0 Å². The Morgan fingerprint density at radius 2 is 1.73 bits per heavy atom. The van der Waals surface area contributed by atoms with Crippen molar-refractivity contribution in [2.75, 3.05) is 28.6 Å². The summed E-state index contributed by atoms with van der Waals surface area (Å²) in [7, 11) is -0.514. The van der Waals surface area contributed by atoms with E-state index in [0.717, 1.165) is 6.54 Å². The van der Waals surface area contributed by atoms with E-state index in [2.05, 4.69) is 47.8 Å². The van der Waals surface area contributed by atoms with Crippen molar-refractivity contribution in [1.29, 1.82) is 0 Å². The maximum absolute atomic E-state index is 2.65. The van der Waals surface area contributed by atoms with Gasteiger partial charge < -0.3 is 4.31 Å². The highest BCUT2D eigenvalue weighted by molar-refractivity contribution is 8.34. The summed E-state index contributed by atoms with van der Waals surface area (Å²) in [4.78, 5) is 0. The number of hydrogen-bond acceptors (Lipinski definition) is 1. The first-order chi connectivity index (χ1) is 7.26. The molecule has 1 aromatic carbocycles. The highest BCUT2D eigenvalue weighted by Crippen LogP contribution is 2.55. The van der Waals surface area contributed by atoms with Crippen LogP contribution in [0, 0.1) is 0 Å². The summed E-state index contributed by atoms with van der Waals surface area (Å²) in [6.45, 7) is 3.43. The molecule has 0 spiro atoms. The standard InChI is InChI=1S/C13H21NS/c1-3-14(13-9-5-4-6-10-13)15(2)11-7-8-12-15/h4-6,9-10H,3,7-8,11-12H2,1-2H3. The lowest BCUT2D eigenvalue weighted by molar-refractivity contribution is 0.949. The van der Waals surface area contributed by atoms with Gasteiger partial charge in [0.25, 0.3) is 0 Å². The van der Waals surface area contributed by atoms with Crippen LogP contribution in [0.25, 0.3) is 0 Å². The van der Waals surface area contributed by atoms with Crippen LogP contribution in [0.1, 0.15) is 19.8 Å². The van der Waals surface area contributed by atoms with E-state index in [1.165, 1.54) is 30.0 Å². The third-order valence-electron chi connectivity index (χ3n) is 3.28. The van der Waals surface area contributed by atoms with E-state index in [9.17, 15) is 0 Å². The van der Waals surface area contributed by atoms with Crippen molar-refractivity contribution in [3.63, 3.8) is 0 Å². The molecule has 0 aromatic heterocycles. The molecule has 2 heteroatoms. The molecule has 84 valence electrons. The van der Waals surface area contributed by atoms with Crippen LogP contribution in [0.2, 0.25) is 0 Å². The van der Waals surface area contributed by atoms with Crippen LogP contribution in [-0.2, 0) is 0 Å². The van der Waals surface area contributed by atoms with Gasteiger partial charge in [0.2, 0.25) is 0 Å². The Hall–Kier alpha value is -0.630. The first kappa shape index (κ1) is 10.9. The molecule has 0 aliphatic carbocycles. The maximum Gasteiger partial charge on any atom is 0.0453 e. The van der Waals surface area contributed by atoms with E-state index in [1.54, 1.807) is 0 Å². The van der Waals surface area contributed by atoms with Crippen LogP contribution in [0.5, 0.6) is 0 Å². The summed E-state index contributed by atoms with van der Waals surface area (Å²) in [6, 6.07) is 10.9. The molecular weight excluding hydrogens is 202 g/mol. The summed E-state index contributed by atoms with van der Waals surface area (Å²) in [5.74, 6) is 2.85. The van der Waals surface area contributed by atoms with Crippen molar-refractivity contribution >= 4 is 15.9 Å². The van der Waals surface area contributed by atoms with Crippen molar-refractivity contribution in [1.82, 2.24) is 0 Å². The van der Waals surface area contributed by atoms with E-state index in [-0.39, 0.29) is 0 Å². The van der Waals surface area contributed by atoms with Crippen molar-refractivity contribution in [3.8, 4) is 0 Å². The molecule has 2 rings (SSSR count). The van der Waals surface area contributed by atoms with Crippen LogP contribution in [0.4, 0.5) is 5.69 Å². The lowest BCUT2D eigenvalue weighted by Gasteiger charge is -2.44. The lowest BCUT2D eigenvalue weighted by Crippen LogP contribution is -2.28. The summed E-state index contributed by atoms with van der Waals surface area (Å²) in [5.41, 5.74) is 1.42. The van der Waals surface area contributed by atoms with Crippen LogP contribution in [-0.4, -0.2) is 24.3 Å². The molecule has 1 aliphatic heterocycles. The van der Waals surface area contributed by atoms with Crippen molar-refractivity contribution in [2.45, 2.75) is 19.8 Å². The Morgan fingerprint density at radius 3 is 2.27 bits per heavy atom. The predicted octanol–water partition coefficient (Wildman–Crippen LogP) is 3.66.